The third kappa shape index (κ3) is 4.47. The minimum Gasteiger partial charge on any atom is -0.272 e. The van der Waals surface area contributed by atoms with Gasteiger partial charge < -0.3 is 0 Å². The molecule has 2 rings (SSSR count). The van der Waals surface area contributed by atoms with Crippen molar-refractivity contribution in [3.8, 4) is 0 Å². The number of amides is 2. The summed E-state index contributed by atoms with van der Waals surface area (Å²) >= 11 is 6.99. The van der Waals surface area contributed by atoms with Gasteiger partial charge in [0.15, 0.2) is 5.16 Å². The van der Waals surface area contributed by atoms with Gasteiger partial charge in [0.2, 0.25) is 0 Å². The van der Waals surface area contributed by atoms with Gasteiger partial charge in [-0.1, -0.05) is 29.4 Å². The van der Waals surface area contributed by atoms with E-state index >= 15 is 0 Å². The molecule has 2 aromatic rings. The predicted octanol–water partition coefficient (Wildman–Crippen LogP) is 1.40. The lowest BCUT2D eigenvalue weighted by atomic mass is 10.2. The van der Waals surface area contributed by atoms with Crippen LogP contribution in [0, 0.1) is 0 Å². The van der Waals surface area contributed by atoms with Crippen molar-refractivity contribution < 1.29 is 9.59 Å². The van der Waals surface area contributed by atoms with E-state index in [2.05, 4.69) is 26.0 Å². The molecule has 1 atom stereocenters. The molecule has 0 bridgehead atoms. The lowest BCUT2D eigenvalue weighted by Gasteiger charge is -2.11. The molecule has 0 saturated carbocycles. The number of nitrogens with one attached hydrogen (secondary N) is 3. The Bertz CT molecular complexity index is 634. The molecular formula is C12H12ClN5O2S. The van der Waals surface area contributed by atoms with Crippen molar-refractivity contribution >= 4 is 35.2 Å². The Morgan fingerprint density at radius 2 is 2.19 bits per heavy atom. The number of carbonyl (C=O) groups excluding carboxylic acids is 2. The van der Waals surface area contributed by atoms with Gasteiger partial charge in [0.1, 0.15) is 6.33 Å². The fourth-order valence-electron chi connectivity index (χ4n) is 1.39. The highest BCUT2D eigenvalue weighted by molar-refractivity contribution is 8.00. The molecule has 7 nitrogen and oxygen atoms in total. The topological polar surface area (TPSA) is 99.8 Å². The molecule has 21 heavy (non-hydrogen) atoms. The van der Waals surface area contributed by atoms with E-state index in [-0.39, 0.29) is 5.91 Å². The summed E-state index contributed by atoms with van der Waals surface area (Å²) in [7, 11) is 0. The molecule has 0 aliphatic carbocycles. The van der Waals surface area contributed by atoms with Crippen LogP contribution in [0.4, 0.5) is 0 Å². The molecular weight excluding hydrogens is 314 g/mol. The molecule has 1 aromatic carbocycles. The maximum absolute atomic E-state index is 11.8. The summed E-state index contributed by atoms with van der Waals surface area (Å²) in [6, 6.07) is 6.42. The van der Waals surface area contributed by atoms with E-state index in [0.717, 1.165) is 0 Å². The van der Waals surface area contributed by atoms with E-state index in [4.69, 9.17) is 11.6 Å². The molecule has 9 heteroatoms. The lowest BCUT2D eigenvalue weighted by Crippen LogP contribution is -2.44. The Hall–Kier alpha value is -2.06. The SMILES string of the molecule is C[C@@H](Sc1ncn[nH]1)C(=O)NNC(=O)c1cccc(Cl)c1. The summed E-state index contributed by atoms with van der Waals surface area (Å²) in [6.07, 6.45) is 1.36. The van der Waals surface area contributed by atoms with E-state index in [9.17, 15) is 9.59 Å². The van der Waals surface area contributed by atoms with Gasteiger partial charge in [0.25, 0.3) is 11.8 Å². The smallest absolute Gasteiger partial charge is 0.269 e. The zero-order valence-electron chi connectivity index (χ0n) is 11.0. The number of hydrazine groups is 1. The van der Waals surface area contributed by atoms with Crippen molar-refractivity contribution in [3.05, 3.63) is 41.2 Å². The second-order valence-corrected chi connectivity index (χ2v) is 5.77. The van der Waals surface area contributed by atoms with Crippen LogP contribution in [-0.2, 0) is 4.79 Å². The van der Waals surface area contributed by atoms with E-state index in [1.54, 1.807) is 25.1 Å². The quantitative estimate of drug-likeness (QED) is 0.583. The molecule has 0 fully saturated rings. The molecule has 0 aliphatic heterocycles. The second kappa shape index (κ2) is 7.09. The van der Waals surface area contributed by atoms with E-state index in [1.165, 1.54) is 24.2 Å². The van der Waals surface area contributed by atoms with Gasteiger partial charge in [-0.15, -0.1) is 0 Å². The Morgan fingerprint density at radius 1 is 1.38 bits per heavy atom. The third-order valence-electron chi connectivity index (χ3n) is 2.44. The summed E-state index contributed by atoms with van der Waals surface area (Å²) in [5.74, 6) is -0.797. The van der Waals surface area contributed by atoms with Gasteiger partial charge in [-0.05, 0) is 25.1 Å². The van der Waals surface area contributed by atoms with Crippen LogP contribution < -0.4 is 10.9 Å². The maximum Gasteiger partial charge on any atom is 0.269 e. The first-order chi connectivity index (χ1) is 10.1. The largest absolute Gasteiger partial charge is 0.272 e. The van der Waals surface area contributed by atoms with Gasteiger partial charge in [-0.2, -0.15) is 5.10 Å². The average Bonchev–Trinajstić information content (AvgIpc) is 2.97. The highest BCUT2D eigenvalue weighted by atomic mass is 35.5. The first kappa shape index (κ1) is 15.3. The number of benzene rings is 1. The summed E-state index contributed by atoms with van der Waals surface area (Å²) in [4.78, 5) is 27.6. The van der Waals surface area contributed by atoms with Crippen molar-refractivity contribution in [1.82, 2.24) is 26.0 Å². The number of hydrogen-bond donors (Lipinski definition) is 3. The normalized spacial score (nSPS) is 11.7. The van der Waals surface area contributed by atoms with Crippen LogP contribution in [0.3, 0.4) is 0 Å². The fourth-order valence-corrected chi connectivity index (χ4v) is 2.30. The molecule has 2 amide bonds. The Kier molecular flexibility index (Phi) is 5.18. The number of aromatic amines is 1. The van der Waals surface area contributed by atoms with Crippen LogP contribution in [0.1, 0.15) is 17.3 Å². The van der Waals surface area contributed by atoms with Gasteiger partial charge in [-0.3, -0.25) is 25.5 Å². The van der Waals surface area contributed by atoms with Crippen molar-refractivity contribution in [2.75, 3.05) is 0 Å². The summed E-state index contributed by atoms with van der Waals surface area (Å²) in [5, 5.41) is 6.85. The van der Waals surface area contributed by atoms with E-state index in [1.807, 2.05) is 0 Å². The van der Waals surface area contributed by atoms with Crippen LogP contribution in [-0.4, -0.2) is 32.2 Å². The van der Waals surface area contributed by atoms with Crippen molar-refractivity contribution in [3.63, 3.8) is 0 Å². The minimum absolute atomic E-state index is 0.355. The molecule has 110 valence electrons. The number of H-pyrrole nitrogens is 1. The third-order valence-corrected chi connectivity index (χ3v) is 3.66. The molecule has 0 saturated heterocycles. The van der Waals surface area contributed by atoms with Crippen molar-refractivity contribution in [1.29, 1.82) is 0 Å². The molecule has 1 heterocycles. The van der Waals surface area contributed by atoms with E-state index < -0.39 is 11.2 Å². The number of carbonyl (C=O) groups is 2. The Labute approximate surface area is 129 Å². The number of nitrogens with zero attached hydrogens (tertiary/aromatic N) is 2. The van der Waals surface area contributed by atoms with Crippen LogP contribution in [0.25, 0.3) is 0 Å². The first-order valence-electron chi connectivity index (χ1n) is 5.94. The monoisotopic (exact) mass is 325 g/mol. The van der Waals surface area contributed by atoms with Gasteiger partial charge in [0.05, 0.1) is 5.25 Å². The molecule has 0 unspecified atom stereocenters. The second-order valence-electron chi connectivity index (χ2n) is 4.00. The van der Waals surface area contributed by atoms with Crippen LogP contribution in [0.2, 0.25) is 5.02 Å². The summed E-state index contributed by atoms with van der Waals surface area (Å²) in [5.41, 5.74) is 5.04. The highest BCUT2D eigenvalue weighted by Crippen LogP contribution is 2.17. The van der Waals surface area contributed by atoms with Crippen LogP contribution >= 0.6 is 23.4 Å². The summed E-state index contributed by atoms with van der Waals surface area (Å²) in [6.45, 7) is 1.69. The standard InChI is InChI=1S/C12H12ClN5O2S/c1-7(21-12-14-6-15-18-12)10(19)16-17-11(20)8-3-2-4-9(13)5-8/h2-7H,1H3,(H,16,19)(H,17,20)(H,14,15,18)/t7-/m1/s1. The molecule has 0 radical (unpaired) electrons. The van der Waals surface area contributed by atoms with Crippen LogP contribution in [0.15, 0.2) is 35.7 Å². The van der Waals surface area contributed by atoms with Crippen LogP contribution in [0.5, 0.6) is 0 Å². The number of hydrogen-bond acceptors (Lipinski definition) is 5. The molecule has 0 spiro atoms. The van der Waals surface area contributed by atoms with Crippen molar-refractivity contribution in [2.24, 2.45) is 0 Å². The van der Waals surface area contributed by atoms with E-state index in [0.29, 0.717) is 15.7 Å². The number of rotatable bonds is 4. The summed E-state index contributed by atoms with van der Waals surface area (Å²) < 4.78 is 0. The maximum atomic E-state index is 11.8. The zero-order valence-corrected chi connectivity index (χ0v) is 12.5. The van der Waals surface area contributed by atoms with Gasteiger partial charge in [-0.25, -0.2) is 4.98 Å². The van der Waals surface area contributed by atoms with Gasteiger partial charge in [0, 0.05) is 10.6 Å². The van der Waals surface area contributed by atoms with Crippen molar-refractivity contribution in [2.45, 2.75) is 17.3 Å². The number of aromatic nitrogens is 3. The minimum atomic E-state index is -0.447. The highest BCUT2D eigenvalue weighted by Gasteiger charge is 2.16. The lowest BCUT2D eigenvalue weighted by molar-refractivity contribution is -0.121. The Balaban J connectivity index is 1.84. The molecule has 1 aromatic heterocycles. The number of thioether (sulfide) groups is 1. The fraction of sp³-hybridized carbons (Fsp3) is 0.167. The predicted molar refractivity (Wildman–Crippen MR) is 78.8 cm³/mol. The Morgan fingerprint density at radius 3 is 2.86 bits per heavy atom. The van der Waals surface area contributed by atoms with Gasteiger partial charge >= 0.3 is 0 Å². The molecule has 3 N–H and O–H groups in total. The molecule has 0 aliphatic rings. The average molecular weight is 326 g/mol. The first-order valence-corrected chi connectivity index (χ1v) is 7.20. The zero-order chi connectivity index (χ0) is 15.2. The number of halogens is 1.